The molecule has 33 heavy (non-hydrogen) atoms. The number of ketones is 1. The lowest BCUT2D eigenvalue weighted by Gasteiger charge is -2.23. The summed E-state index contributed by atoms with van der Waals surface area (Å²) in [5.41, 5.74) is -0.764. The van der Waals surface area contributed by atoms with E-state index in [1.807, 2.05) is 30.3 Å². The third-order valence-electron chi connectivity index (χ3n) is 6.11. The number of nitrogens with zero attached hydrogens (tertiary/aromatic N) is 1. The second-order valence-corrected chi connectivity index (χ2v) is 8.54. The number of Topliss-reactive ketones (excluding diaryl/α,β-unsaturated/α-hetero) is 1. The first-order chi connectivity index (χ1) is 15.9. The predicted molar refractivity (Wildman–Crippen MR) is 126 cm³/mol. The molecule has 4 aromatic rings. The number of hydrogen-bond donors (Lipinski definition) is 1. The minimum absolute atomic E-state index is 0.146. The molecule has 1 atom stereocenters. The summed E-state index contributed by atoms with van der Waals surface area (Å²) >= 11 is 6.17. The van der Waals surface area contributed by atoms with Crippen molar-refractivity contribution in [1.82, 2.24) is 0 Å². The Morgan fingerprint density at radius 1 is 0.939 bits per heavy atom. The maximum absolute atomic E-state index is 14.4. The molecule has 1 aliphatic rings. The van der Waals surface area contributed by atoms with E-state index >= 15 is 0 Å². The third-order valence-corrected chi connectivity index (χ3v) is 6.46. The van der Waals surface area contributed by atoms with Crippen molar-refractivity contribution < 1.29 is 19.1 Å². The quantitative estimate of drug-likeness (QED) is 0.393. The van der Waals surface area contributed by atoms with Crippen LogP contribution >= 0.6 is 11.6 Å². The summed E-state index contributed by atoms with van der Waals surface area (Å²) < 4.78 is 14.4. The summed E-state index contributed by atoms with van der Waals surface area (Å²) in [6.07, 6.45) is -0.428. The van der Waals surface area contributed by atoms with Gasteiger partial charge >= 0.3 is 0 Å². The molecule has 1 amide bonds. The molecule has 0 aromatic heterocycles. The van der Waals surface area contributed by atoms with E-state index < -0.39 is 23.7 Å². The summed E-state index contributed by atoms with van der Waals surface area (Å²) in [6, 6.07) is 23.9. The lowest BCUT2D eigenvalue weighted by Crippen LogP contribution is -2.41. The smallest absolute Gasteiger partial charge is 0.264 e. The third kappa shape index (κ3) is 3.59. The highest BCUT2D eigenvalue weighted by atomic mass is 35.5. The Balaban J connectivity index is 1.50. The van der Waals surface area contributed by atoms with Crippen LogP contribution in [0.4, 0.5) is 10.1 Å². The van der Waals surface area contributed by atoms with Crippen LogP contribution in [0, 0.1) is 5.82 Å². The SMILES string of the molecule is O=C(CC1(O)C(=O)N(Cc2c(F)cccc2Cl)c2ccccc21)c1ccc2ccccc2c1. The van der Waals surface area contributed by atoms with E-state index in [2.05, 4.69) is 0 Å². The Bertz CT molecular complexity index is 1400. The van der Waals surface area contributed by atoms with E-state index in [1.165, 1.54) is 17.0 Å². The van der Waals surface area contributed by atoms with E-state index in [9.17, 15) is 19.1 Å². The molecular weight excluding hydrogens is 441 g/mol. The van der Waals surface area contributed by atoms with Gasteiger partial charge < -0.3 is 10.0 Å². The number of carbonyl (C=O) groups excluding carboxylic acids is 2. The molecular formula is C27H19ClFNO3. The zero-order valence-electron chi connectivity index (χ0n) is 17.5. The normalized spacial score (nSPS) is 17.4. The summed E-state index contributed by atoms with van der Waals surface area (Å²) in [5.74, 6) is -1.59. The average molecular weight is 460 g/mol. The van der Waals surface area contributed by atoms with Crippen LogP contribution in [0.25, 0.3) is 10.8 Å². The molecule has 1 aliphatic heterocycles. The van der Waals surface area contributed by atoms with Crippen molar-refractivity contribution in [3.63, 3.8) is 0 Å². The van der Waals surface area contributed by atoms with Gasteiger partial charge in [-0.25, -0.2) is 4.39 Å². The second-order valence-electron chi connectivity index (χ2n) is 8.13. The number of amides is 1. The van der Waals surface area contributed by atoms with E-state index in [0.717, 1.165) is 10.8 Å². The number of para-hydroxylation sites is 1. The number of fused-ring (bicyclic) bond motifs is 2. The summed E-state index contributed by atoms with van der Waals surface area (Å²) in [5, 5.41) is 13.6. The largest absolute Gasteiger partial charge is 0.375 e. The Kier molecular flexibility index (Phi) is 5.23. The van der Waals surface area contributed by atoms with Crippen molar-refractivity contribution in [2.75, 3.05) is 4.90 Å². The minimum Gasteiger partial charge on any atom is -0.375 e. The lowest BCUT2D eigenvalue weighted by atomic mass is 9.88. The minimum atomic E-state index is -2.06. The molecule has 164 valence electrons. The molecule has 0 saturated carbocycles. The van der Waals surface area contributed by atoms with Crippen molar-refractivity contribution >= 4 is 39.8 Å². The van der Waals surface area contributed by atoms with Crippen LogP contribution in [0.3, 0.4) is 0 Å². The molecule has 4 aromatic carbocycles. The molecule has 4 nitrogen and oxygen atoms in total. The fourth-order valence-electron chi connectivity index (χ4n) is 4.37. The van der Waals surface area contributed by atoms with Crippen LogP contribution in [0.5, 0.6) is 0 Å². The fourth-order valence-corrected chi connectivity index (χ4v) is 4.60. The van der Waals surface area contributed by atoms with Gasteiger partial charge in [-0.1, -0.05) is 72.3 Å². The highest BCUT2D eigenvalue weighted by molar-refractivity contribution is 6.31. The standard InChI is InChI=1S/C27H19ClFNO3/c28-22-9-5-10-23(29)20(22)16-30-24-11-4-3-8-21(24)27(33,26(30)32)15-25(31)19-13-12-17-6-1-2-7-18(17)14-19/h1-14,33H,15-16H2. The topological polar surface area (TPSA) is 57.6 Å². The van der Waals surface area contributed by atoms with Gasteiger partial charge in [-0.15, -0.1) is 0 Å². The highest BCUT2D eigenvalue weighted by Gasteiger charge is 2.51. The fraction of sp³-hybridized carbons (Fsp3) is 0.111. The van der Waals surface area contributed by atoms with Crippen molar-refractivity contribution in [2.45, 2.75) is 18.6 Å². The van der Waals surface area contributed by atoms with E-state index in [4.69, 9.17) is 11.6 Å². The van der Waals surface area contributed by atoms with E-state index in [-0.39, 0.29) is 22.9 Å². The van der Waals surface area contributed by atoms with Gasteiger partial charge in [-0.05, 0) is 35.0 Å². The van der Waals surface area contributed by atoms with Gasteiger partial charge in [0, 0.05) is 21.7 Å². The molecule has 1 N–H and O–H groups in total. The van der Waals surface area contributed by atoms with Crippen LogP contribution in [-0.4, -0.2) is 16.8 Å². The number of aliphatic hydroxyl groups is 1. The van der Waals surface area contributed by atoms with Crippen molar-refractivity contribution in [1.29, 1.82) is 0 Å². The predicted octanol–water partition coefficient (Wildman–Crippen LogP) is 5.64. The first-order valence-electron chi connectivity index (χ1n) is 10.5. The van der Waals surface area contributed by atoms with Crippen molar-refractivity contribution in [2.24, 2.45) is 0 Å². The number of anilines is 1. The summed E-state index contributed by atoms with van der Waals surface area (Å²) in [7, 11) is 0. The zero-order valence-corrected chi connectivity index (χ0v) is 18.2. The number of halogens is 2. The maximum atomic E-state index is 14.4. The zero-order chi connectivity index (χ0) is 23.2. The molecule has 1 heterocycles. The monoisotopic (exact) mass is 459 g/mol. The number of hydrogen-bond acceptors (Lipinski definition) is 3. The first-order valence-corrected chi connectivity index (χ1v) is 10.8. The lowest BCUT2D eigenvalue weighted by molar-refractivity contribution is -0.136. The van der Waals surface area contributed by atoms with E-state index in [0.29, 0.717) is 16.8 Å². The van der Waals surface area contributed by atoms with Crippen LogP contribution in [0.1, 0.15) is 27.9 Å². The van der Waals surface area contributed by atoms with Gasteiger partial charge in [-0.2, -0.15) is 0 Å². The molecule has 0 radical (unpaired) electrons. The van der Waals surface area contributed by atoms with Gasteiger partial charge in [-0.3, -0.25) is 9.59 Å². The van der Waals surface area contributed by atoms with Gasteiger partial charge in [0.2, 0.25) is 0 Å². The van der Waals surface area contributed by atoms with Gasteiger partial charge in [0.1, 0.15) is 5.82 Å². The Hall–Kier alpha value is -3.54. The van der Waals surface area contributed by atoms with Crippen LogP contribution in [-0.2, 0) is 16.9 Å². The van der Waals surface area contributed by atoms with Crippen LogP contribution < -0.4 is 4.90 Å². The van der Waals surface area contributed by atoms with Crippen molar-refractivity contribution in [3.8, 4) is 0 Å². The molecule has 0 spiro atoms. The molecule has 0 aliphatic carbocycles. The Labute approximate surface area is 194 Å². The van der Waals surface area contributed by atoms with E-state index in [1.54, 1.807) is 42.5 Å². The highest BCUT2D eigenvalue weighted by Crippen LogP contribution is 2.44. The molecule has 0 bridgehead atoms. The Morgan fingerprint density at radius 3 is 2.45 bits per heavy atom. The first kappa shape index (κ1) is 21.3. The van der Waals surface area contributed by atoms with Crippen LogP contribution in [0.2, 0.25) is 5.02 Å². The second kappa shape index (κ2) is 8.10. The molecule has 6 heteroatoms. The van der Waals surface area contributed by atoms with Crippen molar-refractivity contribution in [3.05, 3.63) is 112 Å². The van der Waals surface area contributed by atoms with Gasteiger partial charge in [0.05, 0.1) is 18.7 Å². The molecule has 5 rings (SSSR count). The van der Waals surface area contributed by atoms with Gasteiger partial charge in [0.25, 0.3) is 5.91 Å². The molecule has 1 unspecified atom stereocenters. The molecule has 0 fully saturated rings. The summed E-state index contributed by atoms with van der Waals surface area (Å²) in [6.45, 7) is -0.159. The average Bonchev–Trinajstić information content (AvgIpc) is 3.02. The number of rotatable bonds is 5. The van der Waals surface area contributed by atoms with Crippen LogP contribution in [0.15, 0.2) is 84.9 Å². The molecule has 0 saturated heterocycles. The maximum Gasteiger partial charge on any atom is 0.264 e. The number of carbonyl (C=O) groups is 2. The Morgan fingerprint density at radius 2 is 1.67 bits per heavy atom. The number of benzene rings is 4. The van der Waals surface area contributed by atoms with Gasteiger partial charge in [0.15, 0.2) is 11.4 Å². The summed E-state index contributed by atoms with van der Waals surface area (Å²) in [4.78, 5) is 27.9.